The first-order chi connectivity index (χ1) is 15.4. The normalized spacial score (nSPS) is 10.8. The van der Waals surface area contributed by atoms with Gasteiger partial charge < -0.3 is 10.6 Å². The van der Waals surface area contributed by atoms with Crippen LogP contribution < -0.4 is 10.6 Å². The van der Waals surface area contributed by atoms with Gasteiger partial charge in [0.1, 0.15) is 0 Å². The highest BCUT2D eigenvalue weighted by atomic mass is 35.5. The third-order valence-electron chi connectivity index (χ3n) is 4.88. The maximum atomic E-state index is 12.6. The summed E-state index contributed by atoms with van der Waals surface area (Å²) in [5.41, 5.74) is 4.66. The molecule has 2 amide bonds. The smallest absolute Gasteiger partial charge is 0.255 e. The van der Waals surface area contributed by atoms with Crippen molar-refractivity contribution in [2.75, 3.05) is 16.4 Å². The molecule has 0 bridgehead atoms. The van der Waals surface area contributed by atoms with Crippen LogP contribution in [0.5, 0.6) is 0 Å². The first-order valence-corrected chi connectivity index (χ1v) is 12.0. The van der Waals surface area contributed by atoms with Crippen LogP contribution in [0.25, 0.3) is 10.2 Å². The van der Waals surface area contributed by atoms with E-state index in [4.69, 9.17) is 11.6 Å². The van der Waals surface area contributed by atoms with E-state index in [1.54, 1.807) is 18.2 Å². The third-order valence-corrected chi connectivity index (χ3v) is 7.46. The van der Waals surface area contributed by atoms with E-state index < -0.39 is 0 Å². The molecule has 4 rings (SSSR count). The average Bonchev–Trinajstić information content (AvgIpc) is 3.18. The summed E-state index contributed by atoms with van der Waals surface area (Å²) in [6.45, 7) is 3.78. The molecule has 0 unspecified atom stereocenters. The minimum Gasteiger partial charge on any atom is -0.325 e. The summed E-state index contributed by atoms with van der Waals surface area (Å²) in [4.78, 5) is 29.5. The second-order valence-electron chi connectivity index (χ2n) is 7.18. The number of thiazole rings is 1. The Bertz CT molecular complexity index is 1320. The lowest BCUT2D eigenvalue weighted by Gasteiger charge is -2.08. The number of aryl methyl sites for hydroxylation is 1. The zero-order chi connectivity index (χ0) is 22.7. The van der Waals surface area contributed by atoms with Crippen LogP contribution in [0.15, 0.2) is 65.0 Å². The fourth-order valence-corrected chi connectivity index (χ4v) is 5.21. The monoisotopic (exact) mass is 481 g/mol. The van der Waals surface area contributed by atoms with Gasteiger partial charge in [-0.05, 0) is 61.4 Å². The highest BCUT2D eigenvalue weighted by Crippen LogP contribution is 2.32. The molecular formula is C24H20ClN3O2S2. The number of aromatic nitrogens is 1. The molecule has 2 N–H and O–H groups in total. The Morgan fingerprint density at radius 1 is 1.03 bits per heavy atom. The Labute approximate surface area is 199 Å². The second kappa shape index (κ2) is 9.73. The van der Waals surface area contributed by atoms with E-state index in [1.807, 2.05) is 56.3 Å². The van der Waals surface area contributed by atoms with Crippen LogP contribution in [0.2, 0.25) is 5.02 Å². The van der Waals surface area contributed by atoms with E-state index in [0.717, 1.165) is 25.7 Å². The topological polar surface area (TPSA) is 71.1 Å². The molecule has 0 aliphatic carbocycles. The number of benzene rings is 3. The quantitative estimate of drug-likeness (QED) is 0.306. The number of rotatable bonds is 6. The van der Waals surface area contributed by atoms with Crippen molar-refractivity contribution in [3.63, 3.8) is 0 Å². The van der Waals surface area contributed by atoms with E-state index in [9.17, 15) is 9.59 Å². The average molecular weight is 482 g/mol. The van der Waals surface area contributed by atoms with E-state index in [0.29, 0.717) is 22.0 Å². The van der Waals surface area contributed by atoms with Crippen LogP contribution in [0.3, 0.4) is 0 Å². The number of nitrogens with zero attached hydrogens (tertiary/aromatic N) is 1. The Morgan fingerprint density at radius 2 is 1.84 bits per heavy atom. The molecule has 0 atom stereocenters. The number of thioether (sulfide) groups is 1. The highest BCUT2D eigenvalue weighted by molar-refractivity contribution is 8.01. The molecule has 0 saturated carbocycles. The van der Waals surface area contributed by atoms with E-state index in [2.05, 4.69) is 15.6 Å². The van der Waals surface area contributed by atoms with E-state index in [1.165, 1.54) is 23.1 Å². The predicted molar refractivity (Wildman–Crippen MR) is 134 cm³/mol. The number of fused-ring (bicyclic) bond motifs is 1. The standard InChI is InChI=1S/C24H20ClN3O2S2/c1-14-6-3-4-7-17(14)23(30)26-16-10-11-20-21(12-16)32-24(28-20)31-13-22(29)27-19-9-5-8-18(25)15(19)2/h3-12H,13H2,1-2H3,(H,26,30)(H,27,29). The molecule has 1 heterocycles. The molecule has 0 fully saturated rings. The molecule has 0 aliphatic rings. The van der Waals surface area contributed by atoms with Gasteiger partial charge in [-0.25, -0.2) is 4.98 Å². The lowest BCUT2D eigenvalue weighted by atomic mass is 10.1. The molecule has 0 radical (unpaired) electrons. The number of halogens is 1. The van der Waals surface area contributed by atoms with Crippen LogP contribution >= 0.6 is 34.7 Å². The van der Waals surface area contributed by atoms with Crippen molar-refractivity contribution >= 4 is 68.1 Å². The number of anilines is 2. The van der Waals surface area contributed by atoms with Crippen LogP contribution in [0.4, 0.5) is 11.4 Å². The van der Waals surface area contributed by atoms with Gasteiger partial charge in [0.15, 0.2) is 4.34 Å². The largest absolute Gasteiger partial charge is 0.325 e. The number of hydrogen-bond donors (Lipinski definition) is 2. The highest BCUT2D eigenvalue weighted by Gasteiger charge is 2.12. The van der Waals surface area contributed by atoms with Gasteiger partial charge in [0.2, 0.25) is 5.91 Å². The van der Waals surface area contributed by atoms with Gasteiger partial charge in [-0.15, -0.1) is 11.3 Å². The minimum atomic E-state index is -0.144. The molecular weight excluding hydrogens is 462 g/mol. The fourth-order valence-electron chi connectivity index (χ4n) is 3.13. The van der Waals surface area contributed by atoms with Gasteiger partial charge in [-0.2, -0.15) is 0 Å². The van der Waals surface area contributed by atoms with Crippen molar-refractivity contribution in [1.82, 2.24) is 4.98 Å². The van der Waals surface area contributed by atoms with Crippen LogP contribution in [-0.4, -0.2) is 22.6 Å². The SMILES string of the molecule is Cc1ccccc1C(=O)Nc1ccc2nc(SCC(=O)Nc3cccc(Cl)c3C)sc2c1. The number of nitrogens with one attached hydrogen (secondary N) is 2. The lowest BCUT2D eigenvalue weighted by Crippen LogP contribution is -2.14. The summed E-state index contributed by atoms with van der Waals surface area (Å²) in [6, 6.07) is 18.5. The molecule has 4 aromatic rings. The zero-order valence-corrected chi connectivity index (χ0v) is 19.8. The summed E-state index contributed by atoms with van der Waals surface area (Å²) in [7, 11) is 0. The molecule has 0 spiro atoms. The molecule has 8 heteroatoms. The molecule has 162 valence electrons. The van der Waals surface area contributed by atoms with Crippen molar-refractivity contribution in [1.29, 1.82) is 0 Å². The summed E-state index contributed by atoms with van der Waals surface area (Å²) in [5.74, 6) is -0.0248. The van der Waals surface area contributed by atoms with Crippen LogP contribution in [0, 0.1) is 13.8 Å². The van der Waals surface area contributed by atoms with Gasteiger partial charge >= 0.3 is 0 Å². The Balaban J connectivity index is 1.40. The van der Waals surface area contributed by atoms with E-state index >= 15 is 0 Å². The predicted octanol–water partition coefficient (Wildman–Crippen LogP) is 6.55. The second-order valence-corrected chi connectivity index (χ2v) is 9.84. The van der Waals surface area contributed by atoms with Gasteiger partial charge in [0, 0.05) is 22.0 Å². The maximum Gasteiger partial charge on any atom is 0.255 e. The minimum absolute atomic E-state index is 0.120. The fraction of sp³-hybridized carbons (Fsp3) is 0.125. The maximum absolute atomic E-state index is 12.6. The van der Waals surface area contributed by atoms with Crippen LogP contribution in [-0.2, 0) is 4.79 Å². The molecule has 0 saturated heterocycles. The Morgan fingerprint density at radius 3 is 2.66 bits per heavy atom. The summed E-state index contributed by atoms with van der Waals surface area (Å²) in [5, 5.41) is 6.45. The van der Waals surface area contributed by atoms with Gasteiger partial charge in [0.05, 0.1) is 16.0 Å². The molecule has 32 heavy (non-hydrogen) atoms. The Hall–Kier alpha value is -2.87. The number of carbonyl (C=O) groups is 2. The molecule has 0 aliphatic heterocycles. The van der Waals surface area contributed by atoms with Gasteiger partial charge in [0.25, 0.3) is 5.91 Å². The first-order valence-electron chi connectivity index (χ1n) is 9.86. The van der Waals surface area contributed by atoms with Crippen molar-refractivity contribution in [2.45, 2.75) is 18.2 Å². The van der Waals surface area contributed by atoms with Crippen molar-refractivity contribution in [3.05, 3.63) is 82.4 Å². The number of carbonyl (C=O) groups excluding carboxylic acids is 2. The molecule has 3 aromatic carbocycles. The van der Waals surface area contributed by atoms with Crippen molar-refractivity contribution < 1.29 is 9.59 Å². The van der Waals surface area contributed by atoms with Crippen molar-refractivity contribution in [3.8, 4) is 0 Å². The summed E-state index contributed by atoms with van der Waals surface area (Å²) >= 11 is 8.98. The van der Waals surface area contributed by atoms with Gasteiger partial charge in [-0.1, -0.05) is 47.6 Å². The third kappa shape index (κ3) is 5.12. The molecule has 1 aromatic heterocycles. The van der Waals surface area contributed by atoms with E-state index in [-0.39, 0.29) is 17.6 Å². The summed E-state index contributed by atoms with van der Waals surface area (Å²) < 4.78 is 1.74. The summed E-state index contributed by atoms with van der Waals surface area (Å²) in [6.07, 6.45) is 0. The molecule has 5 nitrogen and oxygen atoms in total. The number of amides is 2. The van der Waals surface area contributed by atoms with Crippen LogP contribution in [0.1, 0.15) is 21.5 Å². The zero-order valence-electron chi connectivity index (χ0n) is 17.4. The van der Waals surface area contributed by atoms with Gasteiger partial charge in [-0.3, -0.25) is 9.59 Å². The first kappa shape index (κ1) is 22.3. The lowest BCUT2D eigenvalue weighted by molar-refractivity contribution is -0.113. The Kier molecular flexibility index (Phi) is 6.79. The van der Waals surface area contributed by atoms with Crippen molar-refractivity contribution in [2.24, 2.45) is 0 Å². The number of hydrogen-bond acceptors (Lipinski definition) is 5.